The number of hydrogen-bond acceptors (Lipinski definition) is 4. The average molecular weight is 361 g/mol. The number of aryl methyl sites for hydroxylation is 1. The maximum absolute atomic E-state index is 12.2. The number of aromatic nitrogens is 1. The lowest BCUT2D eigenvalue weighted by Crippen LogP contribution is -2.43. The van der Waals surface area contributed by atoms with Crippen LogP contribution in [0.3, 0.4) is 0 Å². The molecule has 1 fully saturated rings. The van der Waals surface area contributed by atoms with E-state index >= 15 is 0 Å². The van der Waals surface area contributed by atoms with Crippen LogP contribution in [0.5, 0.6) is 0 Å². The van der Waals surface area contributed by atoms with Crippen molar-refractivity contribution in [2.75, 3.05) is 19.6 Å². The largest absolute Gasteiger partial charge is 0.444 e. The van der Waals surface area contributed by atoms with Gasteiger partial charge in [-0.15, -0.1) is 0 Å². The predicted molar refractivity (Wildman–Crippen MR) is 101 cm³/mol. The third kappa shape index (κ3) is 7.42. The van der Waals surface area contributed by atoms with Crippen LogP contribution in [-0.4, -0.2) is 47.1 Å². The Balaban J connectivity index is 1.65. The summed E-state index contributed by atoms with van der Waals surface area (Å²) in [5.41, 5.74) is 0.467. The Kier molecular flexibility index (Phi) is 7.42. The quantitative estimate of drug-likeness (QED) is 0.845. The fourth-order valence-corrected chi connectivity index (χ4v) is 3.08. The summed E-state index contributed by atoms with van der Waals surface area (Å²) in [6.45, 7) is 7.75. The van der Waals surface area contributed by atoms with Crippen molar-refractivity contribution < 1.29 is 14.3 Å². The zero-order valence-electron chi connectivity index (χ0n) is 16.2. The van der Waals surface area contributed by atoms with Crippen LogP contribution in [0, 0.1) is 5.92 Å². The smallest absolute Gasteiger partial charge is 0.410 e. The highest BCUT2D eigenvalue weighted by molar-refractivity contribution is 5.76. The van der Waals surface area contributed by atoms with Crippen LogP contribution in [0.4, 0.5) is 4.79 Å². The first kappa shape index (κ1) is 20.2. The zero-order chi connectivity index (χ0) is 19.0. The fourth-order valence-electron chi connectivity index (χ4n) is 3.08. The highest BCUT2D eigenvalue weighted by Crippen LogP contribution is 2.21. The van der Waals surface area contributed by atoms with Crippen molar-refractivity contribution in [2.45, 2.75) is 58.5 Å². The Morgan fingerprint density at radius 2 is 2.15 bits per heavy atom. The van der Waals surface area contributed by atoms with Gasteiger partial charge in [0.2, 0.25) is 5.91 Å². The van der Waals surface area contributed by atoms with E-state index in [2.05, 4.69) is 10.3 Å². The molecule has 1 saturated heterocycles. The molecule has 2 amide bonds. The molecule has 1 aliphatic rings. The molecule has 0 aliphatic carbocycles. The first-order chi connectivity index (χ1) is 12.3. The second-order valence-corrected chi connectivity index (χ2v) is 7.89. The number of likely N-dealkylation sites (tertiary alicyclic amines) is 1. The van der Waals surface area contributed by atoms with E-state index in [-0.39, 0.29) is 12.0 Å². The molecule has 0 bridgehead atoms. The molecular weight excluding hydrogens is 330 g/mol. The lowest BCUT2D eigenvalue weighted by Gasteiger charge is -2.34. The number of hydrogen-bond donors (Lipinski definition) is 1. The Labute approximate surface area is 156 Å². The van der Waals surface area contributed by atoms with Gasteiger partial charge in [0.25, 0.3) is 0 Å². The summed E-state index contributed by atoms with van der Waals surface area (Å²) < 4.78 is 5.45. The molecule has 0 radical (unpaired) electrons. The highest BCUT2D eigenvalue weighted by Gasteiger charge is 2.27. The molecule has 26 heavy (non-hydrogen) atoms. The molecule has 2 rings (SSSR count). The maximum Gasteiger partial charge on any atom is 0.410 e. The normalized spacial score (nSPS) is 17.7. The molecule has 2 heterocycles. The van der Waals surface area contributed by atoms with Gasteiger partial charge < -0.3 is 15.0 Å². The van der Waals surface area contributed by atoms with Crippen molar-refractivity contribution >= 4 is 12.0 Å². The van der Waals surface area contributed by atoms with E-state index in [4.69, 9.17) is 4.74 Å². The van der Waals surface area contributed by atoms with Gasteiger partial charge in [0, 0.05) is 37.9 Å². The van der Waals surface area contributed by atoms with Gasteiger partial charge in [0.05, 0.1) is 0 Å². The molecule has 6 heteroatoms. The molecule has 144 valence electrons. The van der Waals surface area contributed by atoms with Crippen LogP contribution in [0.25, 0.3) is 0 Å². The van der Waals surface area contributed by atoms with Gasteiger partial charge in [-0.1, -0.05) is 6.07 Å². The van der Waals surface area contributed by atoms with Gasteiger partial charge in [-0.3, -0.25) is 9.78 Å². The van der Waals surface area contributed by atoms with Crippen molar-refractivity contribution in [3.63, 3.8) is 0 Å². The average Bonchev–Trinajstić information content (AvgIpc) is 2.60. The van der Waals surface area contributed by atoms with Gasteiger partial charge in [-0.2, -0.15) is 0 Å². The third-order valence-corrected chi connectivity index (χ3v) is 4.38. The number of amides is 2. The van der Waals surface area contributed by atoms with E-state index in [9.17, 15) is 9.59 Å². The lowest BCUT2D eigenvalue weighted by molar-refractivity contribution is -0.121. The van der Waals surface area contributed by atoms with E-state index in [1.165, 1.54) is 0 Å². The fraction of sp³-hybridized carbons (Fsp3) is 0.650. The molecule has 1 N–H and O–H groups in total. The monoisotopic (exact) mass is 361 g/mol. The van der Waals surface area contributed by atoms with E-state index in [1.807, 2.05) is 39.0 Å². The summed E-state index contributed by atoms with van der Waals surface area (Å²) in [6.07, 6.45) is 5.57. The van der Waals surface area contributed by atoms with E-state index < -0.39 is 5.60 Å². The number of nitrogens with one attached hydrogen (secondary N) is 1. The summed E-state index contributed by atoms with van der Waals surface area (Å²) in [7, 11) is 0. The molecule has 1 atom stereocenters. The Hall–Kier alpha value is -2.11. The number of piperidine rings is 1. The van der Waals surface area contributed by atoms with Gasteiger partial charge in [0.1, 0.15) is 5.60 Å². The van der Waals surface area contributed by atoms with Crippen molar-refractivity contribution in [3.05, 3.63) is 30.1 Å². The number of rotatable bonds is 6. The van der Waals surface area contributed by atoms with Crippen molar-refractivity contribution in [2.24, 2.45) is 5.92 Å². The van der Waals surface area contributed by atoms with E-state index in [1.54, 1.807) is 11.1 Å². The topological polar surface area (TPSA) is 71.5 Å². The van der Waals surface area contributed by atoms with Crippen LogP contribution in [0.1, 0.15) is 52.1 Å². The zero-order valence-corrected chi connectivity index (χ0v) is 16.2. The molecular formula is C20H31N3O3. The van der Waals surface area contributed by atoms with Gasteiger partial charge >= 0.3 is 6.09 Å². The lowest BCUT2D eigenvalue weighted by atomic mass is 9.95. The summed E-state index contributed by atoms with van der Waals surface area (Å²) in [6, 6.07) is 5.73. The van der Waals surface area contributed by atoms with Crippen molar-refractivity contribution in [1.82, 2.24) is 15.2 Å². The minimum Gasteiger partial charge on any atom is -0.444 e. The first-order valence-electron chi connectivity index (χ1n) is 9.48. The van der Waals surface area contributed by atoms with E-state index in [0.29, 0.717) is 31.8 Å². The number of carbonyl (C=O) groups is 2. The summed E-state index contributed by atoms with van der Waals surface area (Å²) in [4.78, 5) is 30.2. The predicted octanol–water partition coefficient (Wildman–Crippen LogP) is 3.17. The highest BCUT2D eigenvalue weighted by atomic mass is 16.6. The maximum atomic E-state index is 12.2. The first-order valence-corrected chi connectivity index (χ1v) is 9.48. The number of nitrogens with zero attached hydrogens (tertiary/aromatic N) is 2. The second-order valence-electron chi connectivity index (χ2n) is 7.89. The molecule has 1 aliphatic heterocycles. The summed E-state index contributed by atoms with van der Waals surface area (Å²) in [5.74, 6) is 0.461. The number of carbonyl (C=O) groups excluding carboxylic acids is 2. The van der Waals surface area contributed by atoms with Crippen LogP contribution >= 0.6 is 0 Å². The van der Waals surface area contributed by atoms with Crippen molar-refractivity contribution in [3.8, 4) is 0 Å². The Morgan fingerprint density at radius 3 is 2.85 bits per heavy atom. The van der Waals surface area contributed by atoms with Crippen LogP contribution in [0.15, 0.2) is 24.4 Å². The third-order valence-electron chi connectivity index (χ3n) is 4.38. The minimum atomic E-state index is -0.467. The Bertz CT molecular complexity index is 584. The van der Waals surface area contributed by atoms with Gasteiger partial charge in [-0.05, 0) is 64.5 Å². The van der Waals surface area contributed by atoms with Crippen LogP contribution in [-0.2, 0) is 16.0 Å². The molecule has 1 unspecified atom stereocenters. The Morgan fingerprint density at radius 1 is 1.35 bits per heavy atom. The number of ether oxygens (including phenoxy) is 1. The summed E-state index contributed by atoms with van der Waals surface area (Å²) >= 11 is 0. The van der Waals surface area contributed by atoms with E-state index in [0.717, 1.165) is 31.5 Å². The molecule has 1 aromatic heterocycles. The van der Waals surface area contributed by atoms with Crippen LogP contribution < -0.4 is 5.32 Å². The molecule has 6 nitrogen and oxygen atoms in total. The van der Waals surface area contributed by atoms with Crippen LogP contribution in [0.2, 0.25) is 0 Å². The van der Waals surface area contributed by atoms with Gasteiger partial charge in [0.15, 0.2) is 0 Å². The molecule has 0 aromatic carbocycles. The second kappa shape index (κ2) is 9.55. The standard InChI is InChI=1S/C20H31N3O3/c1-20(2,3)26-19(25)23-14-6-7-16(15-23)11-13-22-18(24)10-9-17-8-4-5-12-21-17/h4-5,8,12,16H,6-7,9-11,13-15H2,1-3H3,(H,22,24). The molecule has 0 spiro atoms. The van der Waals surface area contributed by atoms with Crippen molar-refractivity contribution in [1.29, 1.82) is 0 Å². The SMILES string of the molecule is CC(C)(C)OC(=O)N1CCCC(CCNC(=O)CCc2ccccn2)C1. The molecule has 1 aromatic rings. The summed E-state index contributed by atoms with van der Waals surface area (Å²) in [5, 5.41) is 2.98. The minimum absolute atomic E-state index is 0.0514. The number of pyridine rings is 1. The van der Waals surface area contributed by atoms with Gasteiger partial charge in [-0.25, -0.2) is 4.79 Å². The molecule has 0 saturated carbocycles.